The number of H-pyrrole nitrogens is 1. The number of aromatic nitrogens is 2. The van der Waals surface area contributed by atoms with Crippen molar-refractivity contribution in [1.29, 1.82) is 10.5 Å². The van der Waals surface area contributed by atoms with Crippen molar-refractivity contribution < 1.29 is 0 Å². The van der Waals surface area contributed by atoms with Crippen LogP contribution in [0.25, 0.3) is 10.9 Å². The summed E-state index contributed by atoms with van der Waals surface area (Å²) in [7, 11) is 0. The molecular formula is C11H6ClN5. The maximum absolute atomic E-state index is 8.58. The number of aromatic amines is 1. The zero-order valence-electron chi connectivity index (χ0n) is 8.53. The van der Waals surface area contributed by atoms with Crippen molar-refractivity contribution in [3.63, 3.8) is 0 Å². The summed E-state index contributed by atoms with van der Waals surface area (Å²) in [5.74, 6) is 0. The summed E-state index contributed by atoms with van der Waals surface area (Å²) >= 11 is 6.03. The highest BCUT2D eigenvalue weighted by Gasteiger charge is 2.03. The molecule has 2 aromatic rings. The van der Waals surface area contributed by atoms with E-state index in [9.17, 15) is 0 Å². The second kappa shape index (κ2) is 4.56. The Kier molecular flexibility index (Phi) is 2.95. The first-order chi connectivity index (χ1) is 8.24. The molecule has 0 saturated carbocycles. The Balaban J connectivity index is 2.37. The van der Waals surface area contributed by atoms with Crippen molar-refractivity contribution in [2.24, 2.45) is 0 Å². The first-order valence-corrected chi connectivity index (χ1v) is 5.02. The topological polar surface area (TPSA) is 88.3 Å². The van der Waals surface area contributed by atoms with Gasteiger partial charge in [-0.25, -0.2) is 0 Å². The Labute approximate surface area is 102 Å². The number of benzene rings is 1. The van der Waals surface area contributed by atoms with Gasteiger partial charge < -0.3 is 5.32 Å². The van der Waals surface area contributed by atoms with Crippen LogP contribution in [-0.2, 0) is 0 Å². The average molecular weight is 244 g/mol. The highest BCUT2D eigenvalue weighted by molar-refractivity contribution is 6.34. The number of hydrogen-bond donors (Lipinski definition) is 2. The smallest absolute Gasteiger partial charge is 0.145 e. The SMILES string of the molecule is N#CC(C#N)=CNc1cc2[nH]ncc2cc1Cl. The second-order valence-corrected chi connectivity index (χ2v) is 3.62. The van der Waals surface area contributed by atoms with E-state index in [0.29, 0.717) is 10.7 Å². The molecule has 0 radical (unpaired) electrons. The van der Waals surface area contributed by atoms with Gasteiger partial charge in [-0.3, -0.25) is 5.10 Å². The predicted octanol–water partition coefficient (Wildman–Crippen LogP) is 2.56. The lowest BCUT2D eigenvalue weighted by molar-refractivity contribution is 1.12. The van der Waals surface area contributed by atoms with Crippen LogP contribution in [-0.4, -0.2) is 10.2 Å². The fourth-order valence-corrected chi connectivity index (χ4v) is 1.54. The van der Waals surface area contributed by atoms with E-state index in [2.05, 4.69) is 15.5 Å². The largest absolute Gasteiger partial charge is 0.359 e. The van der Waals surface area contributed by atoms with Crippen LogP contribution >= 0.6 is 11.6 Å². The first-order valence-electron chi connectivity index (χ1n) is 4.64. The van der Waals surface area contributed by atoms with Crippen molar-refractivity contribution >= 4 is 28.2 Å². The number of hydrogen-bond acceptors (Lipinski definition) is 4. The van der Waals surface area contributed by atoms with Crippen LogP contribution in [0.4, 0.5) is 5.69 Å². The molecule has 0 saturated heterocycles. The standard InChI is InChI=1S/C11H6ClN5/c12-9-1-8-6-16-17-10(8)2-11(9)15-5-7(3-13)4-14/h1-2,5-6,15H,(H,16,17). The summed E-state index contributed by atoms with van der Waals surface area (Å²) in [5.41, 5.74) is 1.40. The fraction of sp³-hybridized carbons (Fsp3) is 0. The molecule has 0 unspecified atom stereocenters. The highest BCUT2D eigenvalue weighted by atomic mass is 35.5. The van der Waals surface area contributed by atoms with E-state index in [4.69, 9.17) is 22.1 Å². The zero-order valence-corrected chi connectivity index (χ0v) is 9.28. The van der Waals surface area contributed by atoms with Gasteiger partial charge in [0.25, 0.3) is 0 Å². The highest BCUT2D eigenvalue weighted by Crippen LogP contribution is 2.27. The van der Waals surface area contributed by atoms with E-state index in [0.717, 1.165) is 10.9 Å². The maximum atomic E-state index is 8.58. The second-order valence-electron chi connectivity index (χ2n) is 3.22. The molecule has 0 aliphatic carbocycles. The molecule has 0 amide bonds. The molecule has 1 aromatic carbocycles. The quantitative estimate of drug-likeness (QED) is 0.794. The van der Waals surface area contributed by atoms with Gasteiger partial charge in [-0.1, -0.05) is 11.6 Å². The Morgan fingerprint density at radius 3 is 2.88 bits per heavy atom. The average Bonchev–Trinajstić information content (AvgIpc) is 2.77. The number of nitriles is 2. The van der Waals surface area contributed by atoms with Crippen LogP contribution in [0.2, 0.25) is 5.02 Å². The molecule has 0 aliphatic heterocycles. The van der Waals surface area contributed by atoms with Crippen LogP contribution in [0.15, 0.2) is 30.1 Å². The van der Waals surface area contributed by atoms with Gasteiger partial charge in [0.2, 0.25) is 0 Å². The van der Waals surface area contributed by atoms with Gasteiger partial charge in [0, 0.05) is 11.6 Å². The minimum atomic E-state index is -0.0224. The van der Waals surface area contributed by atoms with E-state index in [1.807, 2.05) is 0 Å². The van der Waals surface area contributed by atoms with Crippen LogP contribution < -0.4 is 5.32 Å². The van der Waals surface area contributed by atoms with Crippen LogP contribution in [0.3, 0.4) is 0 Å². The van der Waals surface area contributed by atoms with Gasteiger partial charge in [-0.05, 0) is 12.1 Å². The summed E-state index contributed by atoms with van der Waals surface area (Å²) in [6.07, 6.45) is 2.97. The molecule has 1 heterocycles. The van der Waals surface area contributed by atoms with E-state index < -0.39 is 0 Å². The third-order valence-corrected chi connectivity index (χ3v) is 2.45. The van der Waals surface area contributed by atoms with Crippen molar-refractivity contribution in [3.8, 4) is 12.1 Å². The normalized spacial score (nSPS) is 9.35. The number of fused-ring (bicyclic) bond motifs is 1. The Hall–Kier alpha value is -2.50. The van der Waals surface area contributed by atoms with Crippen molar-refractivity contribution in [2.45, 2.75) is 0 Å². The van der Waals surface area contributed by atoms with E-state index in [-0.39, 0.29) is 5.57 Å². The third-order valence-electron chi connectivity index (χ3n) is 2.14. The van der Waals surface area contributed by atoms with Crippen molar-refractivity contribution in [3.05, 3.63) is 35.1 Å². The molecule has 1 aromatic heterocycles. The molecule has 0 aliphatic rings. The molecule has 0 fully saturated rings. The Morgan fingerprint density at radius 1 is 1.41 bits per heavy atom. The number of rotatable bonds is 2. The third kappa shape index (κ3) is 2.20. The molecule has 0 spiro atoms. The van der Waals surface area contributed by atoms with E-state index in [1.165, 1.54) is 6.20 Å². The molecule has 2 rings (SSSR count). The van der Waals surface area contributed by atoms with E-state index >= 15 is 0 Å². The number of nitrogens with zero attached hydrogens (tertiary/aromatic N) is 3. The van der Waals surface area contributed by atoms with Gasteiger partial charge in [0.05, 0.1) is 22.4 Å². The van der Waals surface area contributed by atoms with Crippen LogP contribution in [0, 0.1) is 22.7 Å². The lowest BCUT2D eigenvalue weighted by Gasteiger charge is -2.03. The Morgan fingerprint density at radius 2 is 2.18 bits per heavy atom. The first kappa shape index (κ1) is 11.0. The number of halogens is 1. The number of nitrogens with one attached hydrogen (secondary N) is 2. The zero-order chi connectivity index (χ0) is 12.3. The summed E-state index contributed by atoms with van der Waals surface area (Å²) in [4.78, 5) is 0. The summed E-state index contributed by atoms with van der Waals surface area (Å²) in [6, 6.07) is 7.00. The van der Waals surface area contributed by atoms with E-state index in [1.54, 1.807) is 30.5 Å². The molecule has 0 bridgehead atoms. The minimum absolute atomic E-state index is 0.0224. The minimum Gasteiger partial charge on any atom is -0.359 e. The van der Waals surface area contributed by atoms with Gasteiger partial charge in [0.15, 0.2) is 0 Å². The van der Waals surface area contributed by atoms with Crippen molar-refractivity contribution in [2.75, 3.05) is 5.32 Å². The number of allylic oxidation sites excluding steroid dienone is 1. The summed E-state index contributed by atoms with van der Waals surface area (Å²) in [5, 5.41) is 28.0. The monoisotopic (exact) mass is 243 g/mol. The molecular weight excluding hydrogens is 238 g/mol. The maximum Gasteiger partial charge on any atom is 0.145 e. The lowest BCUT2D eigenvalue weighted by atomic mass is 10.2. The molecule has 0 atom stereocenters. The number of anilines is 1. The molecule has 2 N–H and O–H groups in total. The molecule has 17 heavy (non-hydrogen) atoms. The van der Waals surface area contributed by atoms with Gasteiger partial charge >= 0.3 is 0 Å². The predicted molar refractivity (Wildman–Crippen MR) is 64.0 cm³/mol. The molecule has 5 nitrogen and oxygen atoms in total. The van der Waals surface area contributed by atoms with Gasteiger partial charge in [-0.2, -0.15) is 15.6 Å². The summed E-state index contributed by atoms with van der Waals surface area (Å²) < 4.78 is 0. The summed E-state index contributed by atoms with van der Waals surface area (Å²) in [6.45, 7) is 0. The van der Waals surface area contributed by atoms with Crippen molar-refractivity contribution in [1.82, 2.24) is 10.2 Å². The van der Waals surface area contributed by atoms with Crippen LogP contribution in [0.1, 0.15) is 0 Å². The van der Waals surface area contributed by atoms with Crippen LogP contribution in [0.5, 0.6) is 0 Å². The van der Waals surface area contributed by atoms with Gasteiger partial charge in [0.1, 0.15) is 17.7 Å². The molecule has 6 heteroatoms. The fourth-order valence-electron chi connectivity index (χ4n) is 1.31. The molecule has 82 valence electrons. The Bertz CT molecular complexity index is 655. The lowest BCUT2D eigenvalue weighted by Crippen LogP contribution is -1.91. The van der Waals surface area contributed by atoms with Gasteiger partial charge in [-0.15, -0.1) is 0 Å².